The van der Waals surface area contributed by atoms with Gasteiger partial charge in [-0.15, -0.1) is 0 Å². The number of amides is 1. The number of rotatable bonds is 3. The Morgan fingerprint density at radius 1 is 1.33 bits per heavy atom. The Hall–Kier alpha value is -3.07. The van der Waals surface area contributed by atoms with Gasteiger partial charge in [-0.1, -0.05) is 0 Å². The van der Waals surface area contributed by atoms with Crippen LogP contribution in [0.25, 0.3) is 5.65 Å². The lowest BCUT2D eigenvalue weighted by Crippen LogP contribution is -2.50. The molecule has 3 aromatic rings. The lowest BCUT2D eigenvalue weighted by atomic mass is 10.2. The number of nitrogens with one attached hydrogen (secondary N) is 2. The molecule has 1 fully saturated rings. The molecule has 1 atom stereocenters. The first-order chi connectivity index (χ1) is 13.0. The number of halogens is 1. The molecule has 1 aliphatic heterocycles. The van der Waals surface area contributed by atoms with Gasteiger partial charge >= 0.3 is 0 Å². The standard InChI is InChI=1S/C18H20FN7O/c1-11-9-25-10-13(5-14(19)17(25)23-11)24-18(27)15-7-22-16(8-21-15)26-4-3-20-6-12(26)2/h5,7-10,12,20H,3-4,6H2,1-2H3,(H,24,27)/t12-/m1/s1. The Balaban J connectivity index is 1.51. The first-order valence-electron chi connectivity index (χ1n) is 8.77. The van der Waals surface area contributed by atoms with E-state index in [9.17, 15) is 9.18 Å². The van der Waals surface area contributed by atoms with Crippen molar-refractivity contribution in [1.82, 2.24) is 24.7 Å². The fraction of sp³-hybridized carbons (Fsp3) is 0.333. The second-order valence-corrected chi connectivity index (χ2v) is 6.65. The number of imidazole rings is 1. The van der Waals surface area contributed by atoms with Crippen LogP contribution in [-0.2, 0) is 0 Å². The second kappa shape index (κ2) is 6.92. The highest BCUT2D eigenvalue weighted by molar-refractivity contribution is 6.02. The molecule has 1 saturated heterocycles. The zero-order chi connectivity index (χ0) is 19.0. The van der Waals surface area contributed by atoms with E-state index in [1.807, 2.05) is 0 Å². The molecule has 0 unspecified atom stereocenters. The Bertz CT molecular complexity index is 985. The number of hydrogen-bond donors (Lipinski definition) is 2. The Kier molecular flexibility index (Phi) is 4.44. The number of carbonyl (C=O) groups excluding carboxylic acids is 1. The molecule has 8 nitrogen and oxygen atoms in total. The van der Waals surface area contributed by atoms with Gasteiger partial charge in [-0.05, 0) is 13.8 Å². The molecule has 0 saturated carbocycles. The van der Waals surface area contributed by atoms with Crippen molar-refractivity contribution >= 4 is 23.1 Å². The van der Waals surface area contributed by atoms with Gasteiger partial charge < -0.3 is 19.9 Å². The number of aryl methyl sites for hydroxylation is 1. The predicted octanol–water partition coefficient (Wildman–Crippen LogP) is 1.62. The molecule has 1 amide bonds. The van der Waals surface area contributed by atoms with Crippen molar-refractivity contribution < 1.29 is 9.18 Å². The first kappa shape index (κ1) is 17.3. The third-order valence-corrected chi connectivity index (χ3v) is 4.55. The van der Waals surface area contributed by atoms with Gasteiger partial charge in [-0.25, -0.2) is 19.3 Å². The summed E-state index contributed by atoms with van der Waals surface area (Å²) in [5, 5.41) is 5.97. The topological polar surface area (TPSA) is 87.5 Å². The molecule has 2 N–H and O–H groups in total. The summed E-state index contributed by atoms with van der Waals surface area (Å²) < 4.78 is 15.7. The minimum absolute atomic E-state index is 0.170. The average molecular weight is 369 g/mol. The van der Waals surface area contributed by atoms with Crippen molar-refractivity contribution in [2.24, 2.45) is 0 Å². The van der Waals surface area contributed by atoms with E-state index >= 15 is 0 Å². The van der Waals surface area contributed by atoms with Gasteiger partial charge in [0.15, 0.2) is 11.5 Å². The normalized spacial score (nSPS) is 17.3. The van der Waals surface area contributed by atoms with Crippen molar-refractivity contribution in [3.8, 4) is 0 Å². The monoisotopic (exact) mass is 369 g/mol. The predicted molar refractivity (Wildman–Crippen MR) is 99.5 cm³/mol. The quantitative estimate of drug-likeness (QED) is 0.730. The molecule has 0 aromatic carbocycles. The molecule has 4 heterocycles. The number of fused-ring (bicyclic) bond motifs is 1. The van der Waals surface area contributed by atoms with E-state index in [-0.39, 0.29) is 11.3 Å². The van der Waals surface area contributed by atoms with Crippen LogP contribution in [0, 0.1) is 12.7 Å². The molecule has 1 aliphatic rings. The molecule has 140 valence electrons. The molecule has 9 heteroatoms. The van der Waals surface area contributed by atoms with Crippen molar-refractivity contribution in [2.75, 3.05) is 29.9 Å². The summed E-state index contributed by atoms with van der Waals surface area (Å²) in [6.07, 6.45) is 6.34. The van der Waals surface area contributed by atoms with E-state index < -0.39 is 11.7 Å². The maximum Gasteiger partial charge on any atom is 0.275 e. The molecule has 0 spiro atoms. The highest BCUT2D eigenvalue weighted by Gasteiger charge is 2.20. The third-order valence-electron chi connectivity index (χ3n) is 4.55. The summed E-state index contributed by atoms with van der Waals surface area (Å²) in [6, 6.07) is 1.55. The van der Waals surface area contributed by atoms with Gasteiger partial charge in [-0.3, -0.25) is 4.79 Å². The summed E-state index contributed by atoms with van der Waals surface area (Å²) in [5.41, 5.74) is 1.41. The van der Waals surface area contributed by atoms with Crippen molar-refractivity contribution in [2.45, 2.75) is 19.9 Å². The van der Waals surface area contributed by atoms with E-state index in [1.54, 1.807) is 29.9 Å². The maximum absolute atomic E-state index is 14.1. The van der Waals surface area contributed by atoms with Gasteiger partial charge in [-0.2, -0.15) is 0 Å². The number of aromatic nitrogens is 4. The van der Waals surface area contributed by atoms with Gasteiger partial charge in [0.2, 0.25) is 0 Å². The van der Waals surface area contributed by atoms with Crippen LogP contribution in [0.1, 0.15) is 23.1 Å². The van der Waals surface area contributed by atoms with Crippen LogP contribution >= 0.6 is 0 Å². The van der Waals surface area contributed by atoms with Crippen LogP contribution in [0.4, 0.5) is 15.9 Å². The molecule has 4 rings (SSSR count). The molecule has 27 heavy (non-hydrogen) atoms. The van der Waals surface area contributed by atoms with E-state index in [4.69, 9.17) is 0 Å². The van der Waals surface area contributed by atoms with Gasteiger partial charge in [0.1, 0.15) is 11.5 Å². The van der Waals surface area contributed by atoms with Crippen molar-refractivity contribution in [1.29, 1.82) is 0 Å². The van der Waals surface area contributed by atoms with Crippen LogP contribution in [-0.4, -0.2) is 50.9 Å². The summed E-state index contributed by atoms with van der Waals surface area (Å²) in [4.78, 5) is 27.3. The minimum atomic E-state index is -0.505. The fourth-order valence-corrected chi connectivity index (χ4v) is 3.21. The number of anilines is 2. The number of nitrogens with zero attached hydrogens (tertiary/aromatic N) is 5. The number of piperazine rings is 1. The van der Waals surface area contributed by atoms with Crippen molar-refractivity contribution in [3.63, 3.8) is 0 Å². The lowest BCUT2D eigenvalue weighted by Gasteiger charge is -2.34. The fourth-order valence-electron chi connectivity index (χ4n) is 3.21. The van der Waals surface area contributed by atoms with Crippen LogP contribution in [0.5, 0.6) is 0 Å². The maximum atomic E-state index is 14.1. The molecule has 0 bridgehead atoms. The average Bonchev–Trinajstić information content (AvgIpc) is 3.03. The van der Waals surface area contributed by atoms with Crippen LogP contribution in [0.3, 0.4) is 0 Å². The summed E-state index contributed by atoms with van der Waals surface area (Å²) >= 11 is 0. The molecule has 3 aromatic heterocycles. The number of carbonyl (C=O) groups is 1. The number of hydrogen-bond acceptors (Lipinski definition) is 6. The highest BCUT2D eigenvalue weighted by Crippen LogP contribution is 2.18. The summed E-state index contributed by atoms with van der Waals surface area (Å²) in [7, 11) is 0. The summed E-state index contributed by atoms with van der Waals surface area (Å²) in [6.45, 7) is 6.49. The Morgan fingerprint density at radius 3 is 2.93 bits per heavy atom. The Labute approximate surface area is 155 Å². The van der Waals surface area contributed by atoms with E-state index in [1.165, 1.54) is 12.3 Å². The zero-order valence-electron chi connectivity index (χ0n) is 15.1. The van der Waals surface area contributed by atoms with Crippen molar-refractivity contribution in [3.05, 3.63) is 48.1 Å². The van der Waals surface area contributed by atoms with Gasteiger partial charge in [0.05, 0.1) is 23.8 Å². The largest absolute Gasteiger partial charge is 0.350 e. The third kappa shape index (κ3) is 3.45. The van der Waals surface area contributed by atoms with Gasteiger partial charge in [0.25, 0.3) is 5.91 Å². The van der Waals surface area contributed by atoms with E-state index in [2.05, 4.69) is 37.4 Å². The molecular formula is C18H20FN7O. The molecule has 0 aliphatic carbocycles. The Morgan fingerprint density at radius 2 is 2.19 bits per heavy atom. The van der Waals surface area contributed by atoms with Crippen LogP contribution in [0.15, 0.2) is 30.9 Å². The highest BCUT2D eigenvalue weighted by atomic mass is 19.1. The van der Waals surface area contributed by atoms with Gasteiger partial charge in [0, 0.05) is 44.1 Å². The smallest absolute Gasteiger partial charge is 0.275 e. The SMILES string of the molecule is Cc1cn2cc(NC(=O)c3cnc(N4CCNC[C@H]4C)cn3)cc(F)c2n1. The minimum Gasteiger partial charge on any atom is -0.350 e. The van der Waals surface area contributed by atoms with Crippen LogP contribution < -0.4 is 15.5 Å². The van der Waals surface area contributed by atoms with E-state index in [0.29, 0.717) is 17.4 Å². The first-order valence-corrected chi connectivity index (χ1v) is 8.77. The molecule has 0 radical (unpaired) electrons. The number of pyridine rings is 1. The summed E-state index contributed by atoms with van der Waals surface area (Å²) in [5.74, 6) is -0.213. The lowest BCUT2D eigenvalue weighted by molar-refractivity contribution is 0.102. The van der Waals surface area contributed by atoms with E-state index in [0.717, 1.165) is 25.5 Å². The zero-order valence-corrected chi connectivity index (χ0v) is 15.1. The van der Waals surface area contributed by atoms with Crippen LogP contribution in [0.2, 0.25) is 0 Å². The molecular weight excluding hydrogens is 349 g/mol. The second-order valence-electron chi connectivity index (χ2n) is 6.65.